The fourth-order valence-corrected chi connectivity index (χ4v) is 1.55. The molecule has 0 unspecified atom stereocenters. The van der Waals surface area contributed by atoms with Crippen LogP contribution in [-0.2, 0) is 5.75 Å². The van der Waals surface area contributed by atoms with E-state index in [1.165, 1.54) is 25.3 Å². The van der Waals surface area contributed by atoms with E-state index < -0.39 is 4.92 Å². The number of rotatable bonds is 4. The van der Waals surface area contributed by atoms with E-state index in [4.69, 9.17) is 10.00 Å². The minimum absolute atomic E-state index is 0.00402. The number of hydrogen-bond donors (Lipinski definition) is 0. The summed E-state index contributed by atoms with van der Waals surface area (Å²) in [5, 5.41) is 20.8. The molecule has 0 saturated carbocycles. The van der Waals surface area contributed by atoms with E-state index in [0.29, 0.717) is 17.1 Å². The zero-order valence-corrected chi connectivity index (χ0v) is 8.78. The fourth-order valence-electron chi connectivity index (χ4n) is 1.10. The Bertz CT molecular complexity index is 414. The van der Waals surface area contributed by atoms with Crippen LogP contribution < -0.4 is 4.74 Å². The molecule has 0 fully saturated rings. The van der Waals surface area contributed by atoms with Gasteiger partial charge < -0.3 is 4.74 Å². The van der Waals surface area contributed by atoms with Crippen molar-refractivity contribution in [3.63, 3.8) is 0 Å². The summed E-state index contributed by atoms with van der Waals surface area (Å²) >= 11 is 1.01. The Morgan fingerprint density at radius 2 is 2.40 bits per heavy atom. The maximum atomic E-state index is 10.5. The van der Waals surface area contributed by atoms with E-state index in [-0.39, 0.29) is 5.69 Å². The summed E-state index contributed by atoms with van der Waals surface area (Å²) in [6.07, 6.45) is 0. The van der Waals surface area contributed by atoms with Gasteiger partial charge in [0.2, 0.25) is 0 Å². The van der Waals surface area contributed by atoms with Gasteiger partial charge in [0, 0.05) is 23.4 Å². The molecule has 1 rings (SSSR count). The summed E-state index contributed by atoms with van der Waals surface area (Å²) < 4.78 is 5.03. The second-order valence-corrected chi connectivity index (χ2v) is 3.39. The molecule has 0 aliphatic carbocycles. The Morgan fingerprint density at radius 1 is 1.67 bits per heavy atom. The molecule has 0 aromatic heterocycles. The molecule has 0 N–H and O–H groups in total. The topological polar surface area (TPSA) is 76.2 Å². The van der Waals surface area contributed by atoms with Gasteiger partial charge in [0.25, 0.3) is 5.69 Å². The number of nitro benzene ring substituents is 1. The molecule has 0 spiro atoms. The van der Waals surface area contributed by atoms with Crippen molar-refractivity contribution in [2.75, 3.05) is 7.11 Å². The van der Waals surface area contributed by atoms with Gasteiger partial charge in [0.1, 0.15) is 11.2 Å². The lowest BCUT2D eigenvalue weighted by atomic mass is 10.2. The Morgan fingerprint density at radius 3 is 2.93 bits per heavy atom. The number of methoxy groups -OCH3 is 1. The number of hydrogen-bond acceptors (Lipinski definition) is 5. The molecule has 0 atom stereocenters. The molecule has 1 aromatic rings. The SMILES string of the molecule is COc1ccc([N+](=O)[O-])cc1CSC#N. The van der Waals surface area contributed by atoms with E-state index in [0.717, 1.165) is 11.8 Å². The molecule has 0 amide bonds. The number of thiocyanates is 1. The van der Waals surface area contributed by atoms with Crippen LogP contribution in [0.3, 0.4) is 0 Å². The van der Waals surface area contributed by atoms with Gasteiger partial charge in [-0.3, -0.25) is 10.1 Å². The van der Waals surface area contributed by atoms with Crippen molar-refractivity contribution in [3.8, 4) is 11.2 Å². The van der Waals surface area contributed by atoms with E-state index in [9.17, 15) is 10.1 Å². The number of thioether (sulfide) groups is 1. The van der Waals surface area contributed by atoms with Crippen molar-refractivity contribution < 1.29 is 9.66 Å². The summed E-state index contributed by atoms with van der Waals surface area (Å²) in [4.78, 5) is 10.0. The molecule has 15 heavy (non-hydrogen) atoms. The highest BCUT2D eigenvalue weighted by molar-refractivity contribution is 8.02. The monoisotopic (exact) mass is 224 g/mol. The minimum Gasteiger partial charge on any atom is -0.496 e. The number of non-ortho nitro benzene ring substituents is 1. The van der Waals surface area contributed by atoms with Crippen LogP contribution in [0.25, 0.3) is 0 Å². The van der Waals surface area contributed by atoms with Gasteiger partial charge in [-0.25, -0.2) is 0 Å². The number of nitro groups is 1. The zero-order chi connectivity index (χ0) is 11.3. The van der Waals surface area contributed by atoms with Crippen LogP contribution >= 0.6 is 11.8 Å². The second kappa shape index (κ2) is 5.22. The predicted octanol–water partition coefficient (Wildman–Crippen LogP) is 2.32. The molecule has 1 aromatic carbocycles. The molecule has 5 nitrogen and oxygen atoms in total. The third-order valence-electron chi connectivity index (χ3n) is 1.77. The van der Waals surface area contributed by atoms with E-state index in [2.05, 4.69) is 0 Å². The quantitative estimate of drug-likeness (QED) is 0.445. The van der Waals surface area contributed by atoms with E-state index in [1.54, 1.807) is 0 Å². The summed E-state index contributed by atoms with van der Waals surface area (Å²) in [6.45, 7) is 0. The standard InChI is InChI=1S/C9H8N2O3S/c1-14-9-3-2-8(11(12)13)4-7(9)5-15-6-10/h2-4H,5H2,1H3. The van der Waals surface area contributed by atoms with Gasteiger partial charge in [0.05, 0.1) is 12.0 Å². The Labute approximate surface area is 90.8 Å². The first-order valence-corrected chi connectivity index (χ1v) is 4.99. The van der Waals surface area contributed by atoms with Gasteiger partial charge in [-0.15, -0.1) is 0 Å². The minimum atomic E-state index is -0.472. The van der Waals surface area contributed by atoms with Gasteiger partial charge in [0.15, 0.2) is 0 Å². The molecule has 0 heterocycles. The van der Waals surface area contributed by atoms with Crippen LogP contribution in [0.5, 0.6) is 5.75 Å². The summed E-state index contributed by atoms with van der Waals surface area (Å²) in [5.74, 6) is 0.935. The number of ether oxygens (including phenoxy) is 1. The number of benzene rings is 1. The molecular formula is C9H8N2O3S. The third kappa shape index (κ3) is 2.86. The molecule has 0 radical (unpaired) electrons. The Hall–Kier alpha value is -1.74. The molecular weight excluding hydrogens is 216 g/mol. The lowest BCUT2D eigenvalue weighted by Crippen LogP contribution is -1.93. The van der Waals surface area contributed by atoms with Crippen molar-refractivity contribution in [3.05, 3.63) is 33.9 Å². The molecule has 0 saturated heterocycles. The largest absolute Gasteiger partial charge is 0.496 e. The van der Waals surface area contributed by atoms with Crippen LogP contribution in [-0.4, -0.2) is 12.0 Å². The maximum Gasteiger partial charge on any atom is 0.270 e. The molecule has 0 bridgehead atoms. The smallest absolute Gasteiger partial charge is 0.270 e. The first kappa shape index (κ1) is 11.3. The van der Waals surface area contributed by atoms with Crippen LogP contribution in [0, 0.1) is 20.8 Å². The third-order valence-corrected chi connectivity index (χ3v) is 2.35. The average molecular weight is 224 g/mol. The van der Waals surface area contributed by atoms with Gasteiger partial charge in [-0.1, -0.05) is 0 Å². The van der Waals surface area contributed by atoms with Crippen molar-refractivity contribution >= 4 is 17.4 Å². The zero-order valence-electron chi connectivity index (χ0n) is 7.97. The van der Waals surface area contributed by atoms with Gasteiger partial charge in [-0.05, 0) is 17.8 Å². The first-order chi connectivity index (χ1) is 7.19. The van der Waals surface area contributed by atoms with Gasteiger partial charge in [-0.2, -0.15) is 5.26 Å². The lowest BCUT2D eigenvalue weighted by Gasteiger charge is -2.05. The lowest BCUT2D eigenvalue weighted by molar-refractivity contribution is -0.384. The molecule has 6 heteroatoms. The van der Waals surface area contributed by atoms with E-state index in [1.807, 2.05) is 5.40 Å². The van der Waals surface area contributed by atoms with Crippen molar-refractivity contribution in [1.29, 1.82) is 5.26 Å². The van der Waals surface area contributed by atoms with Crippen LogP contribution in [0.2, 0.25) is 0 Å². The highest BCUT2D eigenvalue weighted by Crippen LogP contribution is 2.27. The Balaban J connectivity index is 3.03. The molecule has 78 valence electrons. The van der Waals surface area contributed by atoms with Gasteiger partial charge >= 0.3 is 0 Å². The normalized spacial score (nSPS) is 9.33. The molecule has 0 aliphatic rings. The fraction of sp³-hybridized carbons (Fsp3) is 0.222. The summed E-state index contributed by atoms with van der Waals surface area (Å²) in [7, 11) is 1.49. The molecule has 0 aliphatic heterocycles. The summed E-state index contributed by atoms with van der Waals surface area (Å²) in [6, 6.07) is 4.33. The first-order valence-electron chi connectivity index (χ1n) is 4.01. The van der Waals surface area contributed by atoms with Crippen LogP contribution in [0.1, 0.15) is 5.56 Å². The van der Waals surface area contributed by atoms with Crippen molar-refractivity contribution in [2.45, 2.75) is 5.75 Å². The maximum absolute atomic E-state index is 10.5. The van der Waals surface area contributed by atoms with Crippen LogP contribution in [0.4, 0.5) is 5.69 Å². The van der Waals surface area contributed by atoms with E-state index >= 15 is 0 Å². The predicted molar refractivity (Wildman–Crippen MR) is 56.6 cm³/mol. The second-order valence-electron chi connectivity index (χ2n) is 2.63. The van der Waals surface area contributed by atoms with Crippen molar-refractivity contribution in [2.24, 2.45) is 0 Å². The Kier molecular flexibility index (Phi) is 3.94. The highest BCUT2D eigenvalue weighted by atomic mass is 32.2. The van der Waals surface area contributed by atoms with Crippen LogP contribution in [0.15, 0.2) is 18.2 Å². The number of nitriles is 1. The highest BCUT2D eigenvalue weighted by Gasteiger charge is 2.10. The average Bonchev–Trinajstić information content (AvgIpc) is 2.25. The van der Waals surface area contributed by atoms with Crippen molar-refractivity contribution in [1.82, 2.24) is 0 Å². The summed E-state index contributed by atoms with van der Waals surface area (Å²) in [5.41, 5.74) is 0.655. The number of nitrogens with zero attached hydrogens (tertiary/aromatic N) is 2.